The maximum absolute atomic E-state index is 13.8. The first kappa shape index (κ1) is 17.2. The molecule has 1 N–H and O–H groups in total. The van der Waals surface area contributed by atoms with Gasteiger partial charge in [-0.2, -0.15) is 0 Å². The third kappa shape index (κ3) is 3.30. The molecule has 1 saturated carbocycles. The number of methoxy groups -OCH3 is 1. The van der Waals surface area contributed by atoms with E-state index < -0.39 is 46.6 Å². The second-order valence-electron chi connectivity index (χ2n) is 5.39. The Hall–Kier alpha value is -2.12. The molecule has 1 aliphatic carbocycles. The first-order valence-electron chi connectivity index (χ1n) is 6.99. The van der Waals surface area contributed by atoms with Crippen LogP contribution in [-0.2, 0) is 9.53 Å². The van der Waals surface area contributed by atoms with Crippen LogP contribution in [0.2, 0.25) is 0 Å². The zero-order chi connectivity index (χ0) is 17.2. The fourth-order valence-corrected chi connectivity index (χ4v) is 2.74. The molecule has 2 rings (SSSR count). The highest BCUT2D eigenvalue weighted by atomic mass is 19.3. The fourth-order valence-electron chi connectivity index (χ4n) is 2.74. The van der Waals surface area contributed by atoms with Gasteiger partial charge in [0.2, 0.25) is 0 Å². The van der Waals surface area contributed by atoms with E-state index >= 15 is 0 Å². The Balaban J connectivity index is 2.30. The van der Waals surface area contributed by atoms with E-state index in [0.717, 1.165) is 7.11 Å². The van der Waals surface area contributed by atoms with Crippen LogP contribution in [0.3, 0.4) is 0 Å². The molecule has 1 amide bonds. The minimum absolute atomic E-state index is 0.286. The number of alkyl halides is 2. The summed E-state index contributed by atoms with van der Waals surface area (Å²) in [5.41, 5.74) is -3.15. The Bertz CT molecular complexity index is 627. The number of amides is 1. The second kappa shape index (κ2) is 6.55. The molecule has 0 aromatic heterocycles. The summed E-state index contributed by atoms with van der Waals surface area (Å²) in [5.74, 6) is -4.38. The Morgan fingerprint density at radius 1 is 1.17 bits per heavy atom. The molecule has 0 bridgehead atoms. The van der Waals surface area contributed by atoms with E-state index in [1.54, 1.807) is 0 Å². The van der Waals surface area contributed by atoms with Crippen LogP contribution in [-0.4, -0.2) is 24.5 Å². The van der Waals surface area contributed by atoms with Gasteiger partial charge < -0.3 is 10.1 Å². The summed E-state index contributed by atoms with van der Waals surface area (Å²) < 4.78 is 57.1. The third-order valence-electron chi connectivity index (χ3n) is 3.95. The van der Waals surface area contributed by atoms with Crippen molar-refractivity contribution in [2.75, 3.05) is 7.11 Å². The fraction of sp³-hybridized carbons (Fsp3) is 0.467. The lowest BCUT2D eigenvalue weighted by atomic mass is 9.96. The van der Waals surface area contributed by atoms with Crippen molar-refractivity contribution in [3.63, 3.8) is 0 Å². The zero-order valence-electron chi connectivity index (χ0n) is 12.3. The molecule has 0 unspecified atom stereocenters. The highest BCUT2D eigenvalue weighted by Crippen LogP contribution is 2.32. The van der Waals surface area contributed by atoms with E-state index in [1.165, 1.54) is 0 Å². The molecule has 0 atom stereocenters. The Labute approximate surface area is 129 Å². The molecule has 126 valence electrons. The Kier molecular flexibility index (Phi) is 4.91. The monoisotopic (exact) mass is 333 g/mol. The van der Waals surface area contributed by atoms with Crippen molar-refractivity contribution in [1.82, 2.24) is 5.32 Å². The molecule has 0 aliphatic heterocycles. The van der Waals surface area contributed by atoms with Gasteiger partial charge in [-0.05, 0) is 25.0 Å². The Morgan fingerprint density at radius 2 is 1.78 bits per heavy atom. The standard InChI is InChI=1S/C15H15F4NO3/c1-23-14(22)15(4-2-3-5-15)20-13(21)9-7-10(16)8(12(18)19)6-11(9)17/h6-7,12H,2-5H2,1H3,(H,20,21). The molecule has 0 radical (unpaired) electrons. The van der Waals surface area contributed by atoms with Crippen molar-refractivity contribution in [1.29, 1.82) is 0 Å². The number of esters is 1. The number of hydrogen-bond donors (Lipinski definition) is 1. The molecule has 8 heteroatoms. The molecule has 1 aliphatic rings. The first-order valence-corrected chi connectivity index (χ1v) is 6.99. The lowest BCUT2D eigenvalue weighted by Crippen LogP contribution is -2.53. The summed E-state index contributed by atoms with van der Waals surface area (Å²) in [5, 5.41) is 2.37. The van der Waals surface area contributed by atoms with Gasteiger partial charge in [0.1, 0.15) is 17.2 Å². The second-order valence-corrected chi connectivity index (χ2v) is 5.39. The molecule has 0 heterocycles. The van der Waals surface area contributed by atoms with Crippen LogP contribution in [0, 0.1) is 11.6 Å². The number of ether oxygens (including phenoxy) is 1. The van der Waals surface area contributed by atoms with Crippen LogP contribution in [0.4, 0.5) is 17.6 Å². The minimum Gasteiger partial charge on any atom is -0.467 e. The molecule has 23 heavy (non-hydrogen) atoms. The average molecular weight is 333 g/mol. The number of benzene rings is 1. The lowest BCUT2D eigenvalue weighted by molar-refractivity contribution is -0.148. The van der Waals surface area contributed by atoms with Crippen LogP contribution in [0.25, 0.3) is 0 Å². The molecular formula is C15H15F4NO3. The number of nitrogens with one attached hydrogen (secondary N) is 1. The number of rotatable bonds is 4. The molecule has 1 aromatic carbocycles. The smallest absolute Gasteiger partial charge is 0.331 e. The van der Waals surface area contributed by atoms with E-state index in [-0.39, 0.29) is 6.07 Å². The van der Waals surface area contributed by atoms with Gasteiger partial charge in [-0.25, -0.2) is 22.4 Å². The topological polar surface area (TPSA) is 55.4 Å². The van der Waals surface area contributed by atoms with Gasteiger partial charge in [0.05, 0.1) is 18.2 Å². The molecular weight excluding hydrogens is 318 g/mol. The van der Waals surface area contributed by atoms with Crippen molar-refractivity contribution < 1.29 is 31.9 Å². The van der Waals surface area contributed by atoms with E-state index in [1.807, 2.05) is 0 Å². The highest BCUT2D eigenvalue weighted by molar-refractivity contribution is 5.98. The predicted octanol–water partition coefficient (Wildman–Crippen LogP) is 3.12. The highest BCUT2D eigenvalue weighted by Gasteiger charge is 2.44. The van der Waals surface area contributed by atoms with Gasteiger partial charge >= 0.3 is 5.97 Å². The normalized spacial score (nSPS) is 16.4. The van der Waals surface area contributed by atoms with Crippen molar-refractivity contribution in [2.24, 2.45) is 0 Å². The summed E-state index contributed by atoms with van der Waals surface area (Å²) in [6.07, 6.45) is -1.25. The quantitative estimate of drug-likeness (QED) is 0.680. The summed E-state index contributed by atoms with van der Waals surface area (Å²) in [4.78, 5) is 24.1. The van der Waals surface area contributed by atoms with Crippen LogP contribution in [0.15, 0.2) is 12.1 Å². The number of carbonyl (C=O) groups excluding carboxylic acids is 2. The van der Waals surface area contributed by atoms with Crippen LogP contribution >= 0.6 is 0 Å². The summed E-state index contributed by atoms with van der Waals surface area (Å²) in [7, 11) is 1.16. The van der Waals surface area contributed by atoms with Gasteiger partial charge in [0.15, 0.2) is 0 Å². The molecule has 1 fully saturated rings. The van der Waals surface area contributed by atoms with Crippen molar-refractivity contribution in [3.8, 4) is 0 Å². The maximum Gasteiger partial charge on any atom is 0.331 e. The lowest BCUT2D eigenvalue weighted by Gasteiger charge is -2.27. The van der Waals surface area contributed by atoms with Gasteiger partial charge in [-0.3, -0.25) is 4.79 Å². The van der Waals surface area contributed by atoms with E-state index in [9.17, 15) is 27.2 Å². The summed E-state index contributed by atoms with van der Waals surface area (Å²) in [6, 6.07) is 0.695. The molecule has 0 saturated heterocycles. The number of hydrogen-bond acceptors (Lipinski definition) is 3. The van der Waals surface area contributed by atoms with Crippen molar-refractivity contribution in [3.05, 3.63) is 34.9 Å². The van der Waals surface area contributed by atoms with Gasteiger partial charge in [0.25, 0.3) is 12.3 Å². The van der Waals surface area contributed by atoms with Gasteiger partial charge in [-0.15, -0.1) is 0 Å². The number of halogens is 4. The average Bonchev–Trinajstić information content (AvgIpc) is 2.97. The largest absolute Gasteiger partial charge is 0.467 e. The van der Waals surface area contributed by atoms with E-state index in [2.05, 4.69) is 10.1 Å². The number of carbonyl (C=O) groups is 2. The Morgan fingerprint density at radius 3 is 2.30 bits per heavy atom. The van der Waals surface area contributed by atoms with E-state index in [0.29, 0.717) is 31.7 Å². The van der Waals surface area contributed by atoms with Crippen molar-refractivity contribution >= 4 is 11.9 Å². The van der Waals surface area contributed by atoms with Gasteiger partial charge in [0, 0.05) is 0 Å². The molecule has 1 aromatic rings. The maximum atomic E-state index is 13.8. The summed E-state index contributed by atoms with van der Waals surface area (Å²) >= 11 is 0. The SMILES string of the molecule is COC(=O)C1(NC(=O)c2cc(F)c(C(F)F)cc2F)CCCC1. The zero-order valence-corrected chi connectivity index (χ0v) is 12.3. The minimum atomic E-state index is -3.20. The predicted molar refractivity (Wildman–Crippen MR) is 72.0 cm³/mol. The van der Waals surface area contributed by atoms with Crippen LogP contribution < -0.4 is 5.32 Å². The third-order valence-corrected chi connectivity index (χ3v) is 3.95. The van der Waals surface area contributed by atoms with Gasteiger partial charge in [-0.1, -0.05) is 12.8 Å². The van der Waals surface area contributed by atoms with Crippen molar-refractivity contribution in [2.45, 2.75) is 37.6 Å². The molecule has 4 nitrogen and oxygen atoms in total. The molecule has 0 spiro atoms. The first-order chi connectivity index (χ1) is 10.8. The van der Waals surface area contributed by atoms with Crippen LogP contribution in [0.1, 0.15) is 48.0 Å². The van der Waals surface area contributed by atoms with E-state index in [4.69, 9.17) is 0 Å². The van der Waals surface area contributed by atoms with Crippen LogP contribution in [0.5, 0.6) is 0 Å². The summed E-state index contributed by atoms with van der Waals surface area (Å²) in [6.45, 7) is 0.